The number of aryl methyl sites for hydroxylation is 1. The first-order valence-electron chi connectivity index (χ1n) is 8.97. The van der Waals surface area contributed by atoms with E-state index in [0.29, 0.717) is 32.0 Å². The van der Waals surface area contributed by atoms with Gasteiger partial charge in [-0.05, 0) is 37.6 Å². The zero-order valence-corrected chi connectivity index (χ0v) is 18.6. The van der Waals surface area contributed by atoms with Crippen LogP contribution >= 0.6 is 46.1 Å². The first-order chi connectivity index (χ1) is 13.5. The predicted octanol–water partition coefficient (Wildman–Crippen LogP) is 6.89. The number of nitrogens with zero attached hydrogens (tertiary/aromatic N) is 2. The van der Waals surface area contributed by atoms with Gasteiger partial charge in [0, 0.05) is 17.0 Å². The molecule has 0 atom stereocenters. The molecule has 146 valence electrons. The fraction of sp³-hybridized carbons (Fsp3) is 0.238. The lowest BCUT2D eigenvalue weighted by Crippen LogP contribution is -2.17. The van der Waals surface area contributed by atoms with Crippen molar-refractivity contribution < 1.29 is 4.79 Å². The highest BCUT2D eigenvalue weighted by Gasteiger charge is 2.17. The molecule has 7 heteroatoms. The number of carbonyl (C=O) groups excluding carboxylic acids is 1. The summed E-state index contributed by atoms with van der Waals surface area (Å²) in [5.74, 6) is -0.349. The minimum Gasteiger partial charge on any atom is -0.316 e. The molecule has 0 N–H and O–H groups in total. The third-order valence-corrected chi connectivity index (χ3v) is 6.47. The van der Waals surface area contributed by atoms with Crippen molar-refractivity contribution in [3.8, 4) is 11.3 Å². The zero-order chi connectivity index (χ0) is 20.3. The van der Waals surface area contributed by atoms with Gasteiger partial charge in [0.1, 0.15) is 0 Å². The van der Waals surface area contributed by atoms with Gasteiger partial charge in [-0.3, -0.25) is 4.79 Å². The third kappa shape index (κ3) is 4.36. The van der Waals surface area contributed by atoms with Gasteiger partial charge < -0.3 is 4.57 Å². The molecule has 0 spiro atoms. The van der Waals surface area contributed by atoms with Crippen LogP contribution in [0, 0.1) is 0 Å². The van der Waals surface area contributed by atoms with Crippen LogP contribution in [0.25, 0.3) is 11.3 Å². The summed E-state index contributed by atoms with van der Waals surface area (Å²) in [5, 5.41) is 1.41. The summed E-state index contributed by atoms with van der Waals surface area (Å²) in [6, 6.07) is 12.5. The first kappa shape index (κ1) is 21.1. The number of carbonyl (C=O) groups is 1. The van der Waals surface area contributed by atoms with Crippen molar-refractivity contribution >= 4 is 52.0 Å². The van der Waals surface area contributed by atoms with Crippen LogP contribution in [0.2, 0.25) is 15.1 Å². The van der Waals surface area contributed by atoms with Crippen molar-refractivity contribution in [2.45, 2.75) is 33.2 Å². The van der Waals surface area contributed by atoms with E-state index in [-0.39, 0.29) is 5.91 Å². The van der Waals surface area contributed by atoms with Crippen molar-refractivity contribution in [1.29, 1.82) is 0 Å². The van der Waals surface area contributed by atoms with E-state index in [9.17, 15) is 4.79 Å². The smallest absolute Gasteiger partial charge is 0.281 e. The maximum Gasteiger partial charge on any atom is 0.281 e. The van der Waals surface area contributed by atoms with Crippen molar-refractivity contribution in [2.75, 3.05) is 0 Å². The van der Waals surface area contributed by atoms with E-state index in [1.807, 2.05) is 23.6 Å². The Morgan fingerprint density at radius 3 is 2.43 bits per heavy atom. The van der Waals surface area contributed by atoms with Crippen LogP contribution in [0.5, 0.6) is 0 Å². The summed E-state index contributed by atoms with van der Waals surface area (Å²) in [6.07, 6.45) is 1.87. The van der Waals surface area contributed by atoms with Gasteiger partial charge in [0.2, 0.25) is 0 Å². The molecule has 2 aromatic carbocycles. The maximum atomic E-state index is 12.7. The number of benzene rings is 2. The Bertz CT molecular complexity index is 1090. The van der Waals surface area contributed by atoms with Crippen LogP contribution in [0.3, 0.4) is 0 Å². The van der Waals surface area contributed by atoms with Crippen molar-refractivity contribution in [3.05, 3.63) is 72.8 Å². The zero-order valence-electron chi connectivity index (χ0n) is 15.5. The van der Waals surface area contributed by atoms with Gasteiger partial charge in [-0.1, -0.05) is 66.3 Å². The molecule has 3 rings (SSSR count). The molecule has 1 amide bonds. The predicted molar refractivity (Wildman–Crippen MR) is 119 cm³/mol. The lowest BCUT2D eigenvalue weighted by atomic mass is 10.1. The number of halogens is 3. The Labute approximate surface area is 183 Å². The summed E-state index contributed by atoms with van der Waals surface area (Å²) in [7, 11) is 0. The number of thiazole rings is 1. The number of aromatic nitrogens is 1. The second-order valence-corrected chi connectivity index (χ2v) is 8.46. The summed E-state index contributed by atoms with van der Waals surface area (Å²) < 4.78 is 2.05. The minimum absolute atomic E-state index is 0.349. The Hall–Kier alpha value is -1.59. The average Bonchev–Trinajstić information content (AvgIpc) is 3.01. The molecule has 28 heavy (non-hydrogen) atoms. The van der Waals surface area contributed by atoms with Crippen LogP contribution in [0.15, 0.2) is 47.5 Å². The van der Waals surface area contributed by atoms with Gasteiger partial charge in [0.05, 0.1) is 26.3 Å². The van der Waals surface area contributed by atoms with E-state index in [4.69, 9.17) is 34.8 Å². The molecule has 0 aliphatic heterocycles. The molecule has 1 heterocycles. The molecule has 0 unspecified atom stereocenters. The number of rotatable bonds is 5. The van der Waals surface area contributed by atoms with Crippen LogP contribution in [-0.2, 0) is 13.0 Å². The maximum absolute atomic E-state index is 12.7. The molecule has 0 aliphatic rings. The lowest BCUT2D eigenvalue weighted by Gasteiger charge is -2.10. The Morgan fingerprint density at radius 2 is 1.79 bits per heavy atom. The Balaban J connectivity index is 2.19. The highest BCUT2D eigenvalue weighted by atomic mass is 35.5. The van der Waals surface area contributed by atoms with Gasteiger partial charge in [0.25, 0.3) is 5.91 Å². The fourth-order valence-electron chi connectivity index (χ4n) is 2.97. The van der Waals surface area contributed by atoms with Gasteiger partial charge in [0.15, 0.2) is 4.80 Å². The van der Waals surface area contributed by atoms with Crippen molar-refractivity contribution in [1.82, 2.24) is 4.57 Å². The van der Waals surface area contributed by atoms with E-state index in [1.165, 1.54) is 11.3 Å². The highest BCUT2D eigenvalue weighted by molar-refractivity contribution is 7.09. The molecule has 0 saturated heterocycles. The summed E-state index contributed by atoms with van der Waals surface area (Å²) in [5.41, 5.74) is 2.38. The van der Waals surface area contributed by atoms with Crippen molar-refractivity contribution in [3.63, 3.8) is 0 Å². The number of amides is 1. The van der Waals surface area contributed by atoms with Crippen molar-refractivity contribution in [2.24, 2.45) is 4.99 Å². The van der Waals surface area contributed by atoms with Gasteiger partial charge in [-0.25, -0.2) is 0 Å². The number of hydrogen-bond donors (Lipinski definition) is 0. The summed E-state index contributed by atoms with van der Waals surface area (Å²) in [4.78, 5) is 18.9. The highest BCUT2D eigenvalue weighted by Crippen LogP contribution is 2.32. The normalized spacial score (nSPS) is 11.8. The van der Waals surface area contributed by atoms with E-state index >= 15 is 0 Å². The standard InChI is InChI=1S/C21H19Cl3N2OS/c1-3-7-18-19(13-10-11-16(23)17(24)12-13)26(4-2)21(28-18)25-20(27)14-8-5-6-9-15(14)22/h5-6,8-12H,3-4,7H2,1-2H3. The van der Waals surface area contributed by atoms with Crippen LogP contribution in [-0.4, -0.2) is 10.5 Å². The fourth-order valence-corrected chi connectivity index (χ4v) is 4.80. The van der Waals surface area contributed by atoms with Gasteiger partial charge >= 0.3 is 0 Å². The molecule has 0 aliphatic carbocycles. The van der Waals surface area contributed by atoms with E-state index < -0.39 is 0 Å². The topological polar surface area (TPSA) is 34.4 Å². The van der Waals surface area contributed by atoms with E-state index in [0.717, 1.165) is 29.0 Å². The van der Waals surface area contributed by atoms with E-state index in [1.54, 1.807) is 30.3 Å². The first-order valence-corrected chi connectivity index (χ1v) is 10.9. The largest absolute Gasteiger partial charge is 0.316 e. The molecule has 0 bridgehead atoms. The minimum atomic E-state index is -0.349. The van der Waals surface area contributed by atoms with Gasteiger partial charge in [-0.15, -0.1) is 11.3 Å². The molecule has 3 aromatic rings. The molecule has 1 aromatic heterocycles. The Morgan fingerprint density at radius 1 is 1.04 bits per heavy atom. The third-order valence-electron chi connectivity index (χ3n) is 4.27. The second kappa shape index (κ2) is 9.27. The van der Waals surface area contributed by atoms with E-state index in [2.05, 4.69) is 11.9 Å². The molecule has 0 saturated carbocycles. The van der Waals surface area contributed by atoms with Gasteiger partial charge in [-0.2, -0.15) is 4.99 Å². The molecule has 0 fully saturated rings. The molecular weight excluding hydrogens is 435 g/mol. The lowest BCUT2D eigenvalue weighted by molar-refractivity contribution is 0.0998. The second-order valence-electron chi connectivity index (χ2n) is 6.18. The average molecular weight is 454 g/mol. The van der Waals surface area contributed by atoms with Crippen LogP contribution < -0.4 is 4.80 Å². The number of hydrogen-bond acceptors (Lipinski definition) is 2. The quantitative estimate of drug-likeness (QED) is 0.414. The summed E-state index contributed by atoms with van der Waals surface area (Å²) in [6.45, 7) is 4.83. The Kier molecular flexibility index (Phi) is 7.00. The molecule has 3 nitrogen and oxygen atoms in total. The molecular formula is C21H19Cl3N2OS. The summed E-state index contributed by atoms with van der Waals surface area (Å²) >= 11 is 20.0. The van der Waals surface area contributed by atoms with Crippen LogP contribution in [0.1, 0.15) is 35.5 Å². The monoisotopic (exact) mass is 452 g/mol. The van der Waals surface area contributed by atoms with Crippen LogP contribution in [0.4, 0.5) is 0 Å². The SMILES string of the molecule is CCCc1sc(=NC(=O)c2ccccc2Cl)n(CC)c1-c1ccc(Cl)c(Cl)c1. The molecule has 0 radical (unpaired) electrons.